The van der Waals surface area contributed by atoms with Gasteiger partial charge in [-0.05, 0) is 6.42 Å². The molecule has 0 radical (unpaired) electrons. The summed E-state index contributed by atoms with van der Waals surface area (Å²) in [7, 11) is -4.32. The van der Waals surface area contributed by atoms with Gasteiger partial charge in [-0.1, -0.05) is 43.0 Å². The molecule has 0 saturated carbocycles. The molecular formula is C9H11Cl2NO5S. The van der Waals surface area contributed by atoms with Gasteiger partial charge in [0, 0.05) is 0 Å². The zero-order chi connectivity index (χ0) is 14.1. The molecule has 6 nitrogen and oxygen atoms in total. The number of sulfonamides is 1. The minimum Gasteiger partial charge on any atom is -0.480 e. The van der Waals surface area contributed by atoms with Gasteiger partial charge in [-0.2, -0.15) is 8.42 Å². The number of hydrogen-bond donors (Lipinski definition) is 1. The third-order valence-electron chi connectivity index (χ3n) is 2.45. The number of halogens is 2. The summed E-state index contributed by atoms with van der Waals surface area (Å²) >= 11 is 10.9. The zero-order valence-corrected chi connectivity index (χ0v) is 11.7. The lowest BCUT2D eigenvalue weighted by Gasteiger charge is -2.22. The van der Waals surface area contributed by atoms with E-state index in [-0.39, 0.29) is 10.7 Å². The van der Waals surface area contributed by atoms with Crippen LogP contribution < -0.4 is 0 Å². The van der Waals surface area contributed by atoms with Crippen molar-refractivity contribution < 1.29 is 23.1 Å². The monoisotopic (exact) mass is 315 g/mol. The normalized spacial score (nSPS) is 20.4. The number of carboxylic acids is 1. The van der Waals surface area contributed by atoms with E-state index in [9.17, 15) is 18.0 Å². The molecule has 1 heterocycles. The molecule has 1 aliphatic heterocycles. The second kappa shape index (κ2) is 5.46. The fourth-order valence-corrected chi connectivity index (χ4v) is 3.60. The first-order chi connectivity index (χ1) is 8.25. The Balaban J connectivity index is 3.16. The van der Waals surface area contributed by atoms with Gasteiger partial charge in [-0.25, -0.2) is 9.10 Å². The van der Waals surface area contributed by atoms with Crippen molar-refractivity contribution >= 4 is 45.1 Å². The molecule has 0 aliphatic carbocycles. The smallest absolute Gasteiger partial charge is 0.327 e. The van der Waals surface area contributed by atoms with Crippen molar-refractivity contribution in [1.82, 2.24) is 4.31 Å². The van der Waals surface area contributed by atoms with E-state index in [1.807, 2.05) is 6.92 Å². The van der Waals surface area contributed by atoms with E-state index >= 15 is 0 Å². The molecule has 0 aromatic carbocycles. The summed E-state index contributed by atoms with van der Waals surface area (Å²) in [6, 6.07) is -1.48. The molecule has 0 bridgehead atoms. The number of carbonyl (C=O) groups excluding carboxylic acids is 1. The molecule has 9 heteroatoms. The minimum atomic E-state index is -4.32. The molecule has 1 aliphatic rings. The lowest BCUT2D eigenvalue weighted by Crippen LogP contribution is -2.45. The highest BCUT2D eigenvalue weighted by Gasteiger charge is 2.48. The molecular weight excluding hydrogens is 305 g/mol. The Morgan fingerprint density at radius 1 is 1.44 bits per heavy atom. The van der Waals surface area contributed by atoms with E-state index in [4.69, 9.17) is 28.3 Å². The van der Waals surface area contributed by atoms with E-state index in [0.29, 0.717) is 12.8 Å². The van der Waals surface area contributed by atoms with E-state index in [2.05, 4.69) is 0 Å². The van der Waals surface area contributed by atoms with Crippen LogP contribution in [0.25, 0.3) is 0 Å². The van der Waals surface area contributed by atoms with Gasteiger partial charge in [0.1, 0.15) is 11.1 Å². The van der Waals surface area contributed by atoms with Gasteiger partial charge in [0.05, 0.1) is 0 Å². The van der Waals surface area contributed by atoms with Crippen molar-refractivity contribution in [3.05, 3.63) is 9.40 Å². The maximum Gasteiger partial charge on any atom is 0.327 e. The Morgan fingerprint density at radius 3 is 2.33 bits per heavy atom. The number of hydrogen-bond acceptors (Lipinski definition) is 4. The van der Waals surface area contributed by atoms with Crippen LogP contribution in [-0.2, 0) is 19.6 Å². The highest BCUT2D eigenvalue weighted by atomic mass is 35.5. The molecule has 1 N–H and O–H groups in total. The molecule has 1 amide bonds. The van der Waals surface area contributed by atoms with Crippen LogP contribution in [-0.4, -0.2) is 35.7 Å². The summed E-state index contributed by atoms with van der Waals surface area (Å²) in [6.45, 7) is 1.82. The Morgan fingerprint density at radius 2 is 2.00 bits per heavy atom. The fraction of sp³-hybridized carbons (Fsp3) is 0.556. The van der Waals surface area contributed by atoms with Gasteiger partial charge < -0.3 is 5.11 Å². The molecule has 0 aromatic rings. The van der Waals surface area contributed by atoms with Gasteiger partial charge in [0.2, 0.25) is 0 Å². The van der Waals surface area contributed by atoms with Gasteiger partial charge in [0.15, 0.2) is 4.36 Å². The maximum atomic E-state index is 11.8. The molecule has 18 heavy (non-hydrogen) atoms. The molecule has 0 fully saturated rings. The van der Waals surface area contributed by atoms with Crippen LogP contribution in [0.4, 0.5) is 0 Å². The number of unbranched alkanes of at least 4 members (excludes halogenated alkanes) is 1. The van der Waals surface area contributed by atoms with Gasteiger partial charge in [-0.15, -0.1) is 0 Å². The van der Waals surface area contributed by atoms with Crippen molar-refractivity contribution in [2.45, 2.75) is 32.2 Å². The third-order valence-corrected chi connectivity index (χ3v) is 5.37. The Labute approximate surface area is 114 Å². The van der Waals surface area contributed by atoms with E-state index < -0.39 is 37.3 Å². The molecule has 0 saturated heterocycles. The first kappa shape index (κ1) is 15.3. The topological polar surface area (TPSA) is 91.8 Å². The van der Waals surface area contributed by atoms with Crippen LogP contribution in [0, 0.1) is 0 Å². The second-order valence-electron chi connectivity index (χ2n) is 3.69. The van der Waals surface area contributed by atoms with E-state index in [1.165, 1.54) is 0 Å². The van der Waals surface area contributed by atoms with Crippen molar-refractivity contribution in [3.8, 4) is 0 Å². The average molecular weight is 316 g/mol. The van der Waals surface area contributed by atoms with Crippen molar-refractivity contribution in [2.24, 2.45) is 0 Å². The molecule has 0 spiro atoms. The van der Waals surface area contributed by atoms with Crippen molar-refractivity contribution in [1.29, 1.82) is 0 Å². The minimum absolute atomic E-state index is 0.0190. The number of carboxylic acid groups (broad SMARTS) is 1. The Kier molecular flexibility index (Phi) is 4.63. The van der Waals surface area contributed by atoms with Crippen molar-refractivity contribution in [2.75, 3.05) is 0 Å². The van der Waals surface area contributed by atoms with Crippen LogP contribution >= 0.6 is 23.2 Å². The van der Waals surface area contributed by atoms with Crippen LogP contribution in [0.3, 0.4) is 0 Å². The predicted molar refractivity (Wildman–Crippen MR) is 65.4 cm³/mol. The maximum absolute atomic E-state index is 11.8. The highest BCUT2D eigenvalue weighted by Crippen LogP contribution is 2.35. The average Bonchev–Trinajstić information content (AvgIpc) is 2.43. The van der Waals surface area contributed by atoms with Crippen LogP contribution in [0.5, 0.6) is 0 Å². The predicted octanol–water partition coefficient (Wildman–Crippen LogP) is 1.45. The number of carbonyl (C=O) groups is 2. The van der Waals surface area contributed by atoms with Gasteiger partial charge >= 0.3 is 5.97 Å². The summed E-state index contributed by atoms with van der Waals surface area (Å²) in [5.74, 6) is -2.50. The lowest BCUT2D eigenvalue weighted by molar-refractivity contribution is -0.145. The Bertz CT molecular complexity index is 513. The summed E-state index contributed by atoms with van der Waals surface area (Å²) in [5, 5.41) is 8.35. The number of aliphatic carboxylic acids is 1. The quantitative estimate of drug-likeness (QED) is 0.829. The fourth-order valence-electron chi connectivity index (χ4n) is 1.54. The SMILES string of the molecule is CCCCC(C(=O)O)N1C(=O)C(Cl)=C(Cl)S1(=O)=O. The van der Waals surface area contributed by atoms with Crippen molar-refractivity contribution in [3.63, 3.8) is 0 Å². The molecule has 1 rings (SSSR count). The van der Waals surface area contributed by atoms with Crippen LogP contribution in [0.2, 0.25) is 0 Å². The third kappa shape index (κ3) is 2.48. The van der Waals surface area contributed by atoms with E-state index in [0.717, 1.165) is 0 Å². The first-order valence-electron chi connectivity index (χ1n) is 5.12. The molecule has 102 valence electrons. The number of amides is 1. The van der Waals surface area contributed by atoms with Gasteiger partial charge in [-0.3, -0.25) is 4.79 Å². The largest absolute Gasteiger partial charge is 0.480 e. The second-order valence-corrected chi connectivity index (χ2v) is 6.42. The lowest BCUT2D eigenvalue weighted by atomic mass is 10.1. The zero-order valence-electron chi connectivity index (χ0n) is 9.39. The van der Waals surface area contributed by atoms with Gasteiger partial charge in [0.25, 0.3) is 15.9 Å². The summed E-state index contributed by atoms with van der Waals surface area (Å²) in [4.78, 5) is 22.7. The van der Waals surface area contributed by atoms with Crippen LogP contribution in [0.1, 0.15) is 26.2 Å². The highest BCUT2D eigenvalue weighted by molar-refractivity contribution is 7.95. The standard InChI is InChI=1S/C9H11Cl2NO5S/c1-2-3-4-5(9(14)15)12-8(13)6(10)7(11)18(12,16)17/h5H,2-4H2,1H3,(H,14,15). The first-order valence-corrected chi connectivity index (χ1v) is 7.31. The van der Waals surface area contributed by atoms with Crippen LogP contribution in [0.15, 0.2) is 9.40 Å². The number of nitrogens with zero attached hydrogens (tertiary/aromatic N) is 1. The summed E-state index contributed by atoms with van der Waals surface area (Å²) in [5.41, 5.74) is 0. The number of rotatable bonds is 5. The molecule has 1 unspecified atom stereocenters. The summed E-state index contributed by atoms with van der Waals surface area (Å²) < 4.78 is 23.0. The molecule has 0 aromatic heterocycles. The molecule has 1 atom stereocenters. The Hall–Kier alpha value is -0.790. The summed E-state index contributed by atoms with van der Waals surface area (Å²) in [6.07, 6.45) is 1.15. The van der Waals surface area contributed by atoms with E-state index in [1.54, 1.807) is 0 Å².